The lowest BCUT2D eigenvalue weighted by molar-refractivity contribution is -0.429. The molecule has 136 heavy (non-hydrogen) atoms. The summed E-state index contributed by atoms with van der Waals surface area (Å²) in [6, 6.07) is -1.91. The standard InChI is InChI=1S/C69H117NO64P2/c1-14(79)70-27-34(92)29(87)22(8-75)116-58(27)128-54-37(95)31(89)25(11-78)119-65(54)129-55-38(96)32(90)24(10-77)118-64(55)125-51-33(91)26(13-115-59-40(98)35(93)30(88)23(9-76)117-59)120-61(42(51)100)126-53-44(102)63(123-48(57(53)134-136(111,112)113)20(85)12-114-60-41(99)36(94)39(97)45(121-60)16(81)4-71)127-52-43(101)62(122-47(18(83)6-73)56(52)133-135(108,109)110)124-50-21(3-68(107,66(103)104)131-49(50)19(84)7-74)130-69(67(105)106)2-15(80)28(86)46(132-69)17(82)5-72/h15-65,71-78,80-102,107H,2-13H2,1H3,(H,70,79)(H,103,104)(H,105,106)(H2,108,109,110)(H2,111,112,113)/p-6/t15-,16+,17-,18+,19-,20-,21-,22-,23-,24-,25-,26-,27-,28-,29-,30+,31-,32-,33-,34-,35+,36+,37+,38+,39+,40-,41+,42-,43+,44+,45-,46-,47-,48-,49-,50-,51+,52-,53-,54-,55-,56-,57-,58-,59+,60+,61-,62-,63+,64-,65-,68-,69-/m1/s1. The van der Waals surface area contributed by atoms with Gasteiger partial charge in [0.2, 0.25) is 17.5 Å². The Morgan fingerprint density at radius 1 is 0.360 bits per heavy atom. The molecule has 0 aromatic rings. The smallest absolute Gasteiger partial charge is 0.217 e. The number of phosphoric acid groups is 2. The van der Waals surface area contributed by atoms with Crippen LogP contribution in [0.4, 0.5) is 0 Å². The van der Waals surface area contributed by atoms with E-state index in [9.17, 15) is 217 Å². The van der Waals surface area contributed by atoms with Gasteiger partial charge in [-0.05, 0) is 0 Å². The van der Waals surface area contributed by atoms with Crippen LogP contribution in [0.5, 0.6) is 0 Å². The maximum absolute atomic E-state index is 13.3. The zero-order valence-electron chi connectivity index (χ0n) is 70.2. The number of hydrogen-bond acceptors (Lipinski definition) is 64. The molecule has 10 saturated heterocycles. The molecule has 67 heteroatoms. The van der Waals surface area contributed by atoms with Crippen molar-refractivity contribution in [2.24, 2.45) is 0 Å². The van der Waals surface area contributed by atoms with Crippen LogP contribution in [0.25, 0.3) is 0 Å². The van der Waals surface area contributed by atoms with Gasteiger partial charge in [0.15, 0.2) is 50.3 Å². The summed E-state index contributed by atoms with van der Waals surface area (Å²) in [5, 5.41) is 385. The van der Waals surface area contributed by atoms with Crippen molar-refractivity contribution in [3.05, 3.63) is 0 Å². The minimum absolute atomic E-state index is 0.892. The molecule has 1 amide bonds. The summed E-state index contributed by atoms with van der Waals surface area (Å²) in [5.74, 6) is -14.1. The van der Waals surface area contributed by atoms with Gasteiger partial charge in [-0.1, -0.05) is 0 Å². The van der Waals surface area contributed by atoms with Crippen molar-refractivity contribution in [2.75, 3.05) is 66.1 Å². The van der Waals surface area contributed by atoms with Gasteiger partial charge in [0, 0.05) is 19.8 Å². The van der Waals surface area contributed by atoms with Crippen LogP contribution >= 0.6 is 15.6 Å². The van der Waals surface area contributed by atoms with Gasteiger partial charge in [-0.15, -0.1) is 0 Å². The van der Waals surface area contributed by atoms with Gasteiger partial charge in [-0.3, -0.25) is 4.79 Å². The van der Waals surface area contributed by atoms with Crippen LogP contribution in [0.15, 0.2) is 0 Å². The van der Waals surface area contributed by atoms with E-state index in [2.05, 4.69) is 5.32 Å². The van der Waals surface area contributed by atoms with Gasteiger partial charge >= 0.3 is 0 Å². The van der Waals surface area contributed by atoms with E-state index < -0.39 is 437 Å². The Kier molecular flexibility index (Phi) is 40.3. The fourth-order valence-electron chi connectivity index (χ4n) is 16.7. The SMILES string of the molecule is CC(=O)N[C@H]1[C@@H](O[C@H]2[C@@H](O[C@H]3[C@@H](O[C@@H]4[C@@H](O)[C@@H](O[C@@H]5[C@H](O)[C@H](O[C@@H]6[C@H](O)[C@@H](O[C@H]7[C@@H]([C@H](O)CO)O[C@@](O)(C(=O)[O-])C[C@H]7O[C@]7(C(=O)[O-])C[C@@H](O)[C@@H](O)[C@@H]([C@H](O)CO)O7)O[C@H]([C@@H](O)CO)[C@H]6OP(=O)([O-])[O-])O[C@H]([C@H](O)CO[C@H]6O[C@H]([C@@H](O)CO)[C@@H](O)[C@H](O)[C@@H]6O)[C@H]5OP(=O)([O-])[O-])O[C@H](CO[C@H]5O[C@H](CO)[C@H](O)[C@H](O)[C@H]5O)[C@H]4O)O[C@H](CO)[C@@H](O)[C@@H]3O)O[C@H](CO)[C@@H](O)[C@@H]2O)O[C@H](CO)[C@@H](O)[C@@H]1O. The maximum Gasteiger partial charge on any atom is 0.217 e. The molecule has 0 unspecified atom stereocenters. The highest BCUT2D eigenvalue weighted by molar-refractivity contribution is 7.43. The number of carboxylic acid groups (broad SMARTS) is 2. The summed E-state index contributed by atoms with van der Waals surface area (Å²) in [6.07, 6.45) is -135. The normalized spacial score (nSPS) is 47.4. The van der Waals surface area contributed by atoms with Gasteiger partial charge < -0.3 is 316 Å². The molecule has 10 aliphatic heterocycles. The number of aliphatic hydroxyl groups is 32. The summed E-state index contributed by atoms with van der Waals surface area (Å²) in [7, 11) is -13.9. The first kappa shape index (κ1) is 115. The molecule has 0 saturated carbocycles. The van der Waals surface area contributed by atoms with E-state index in [1.54, 1.807) is 0 Å². The second-order valence-electron chi connectivity index (χ2n) is 33.2. The minimum Gasteiger partial charge on any atom is -0.790 e. The lowest BCUT2D eigenvalue weighted by Crippen LogP contribution is -2.72. The number of hydrogen-bond donors (Lipinski definition) is 33. The van der Waals surface area contributed by atoms with Crippen LogP contribution in [0.3, 0.4) is 0 Å². The molecule has 53 atom stereocenters. The molecule has 10 heterocycles. The number of ether oxygens (including phenoxy) is 19. The topological polar surface area (TPSA) is 1080 Å². The quantitative estimate of drug-likeness (QED) is 0.0253. The van der Waals surface area contributed by atoms with E-state index in [-0.39, 0.29) is 0 Å². The van der Waals surface area contributed by atoms with E-state index in [0.717, 1.165) is 6.92 Å². The first-order valence-electron chi connectivity index (χ1n) is 41.4. The highest BCUT2D eigenvalue weighted by atomic mass is 31.2. The maximum atomic E-state index is 13.3. The Morgan fingerprint density at radius 3 is 1.20 bits per heavy atom. The number of rotatable bonds is 40. The molecule has 0 radical (unpaired) electrons. The van der Waals surface area contributed by atoms with Crippen LogP contribution in [-0.4, -0.2) is 572 Å². The number of carboxylic acids is 2. The molecule has 10 aliphatic rings. The Hall–Kier alpha value is -3.41. The zero-order valence-corrected chi connectivity index (χ0v) is 72.0. The van der Waals surface area contributed by atoms with Gasteiger partial charge in [0.25, 0.3) is 0 Å². The molecule has 10 rings (SSSR count). The molecule has 0 spiro atoms. The summed E-state index contributed by atoms with van der Waals surface area (Å²) in [4.78, 5) is 91.3. The molecule has 0 aliphatic carbocycles. The first-order chi connectivity index (χ1) is 63.6. The van der Waals surface area contributed by atoms with Crippen LogP contribution < -0.4 is 35.1 Å². The van der Waals surface area contributed by atoms with E-state index in [0.29, 0.717) is 0 Å². The van der Waals surface area contributed by atoms with Crippen LogP contribution in [0.2, 0.25) is 0 Å². The molecule has 65 nitrogen and oxygen atoms in total. The number of amides is 1. The molecule has 0 bridgehead atoms. The fourth-order valence-corrected chi connectivity index (χ4v) is 17.8. The third-order valence-electron chi connectivity index (χ3n) is 23.9. The number of aliphatic carboxylic acids is 2. The van der Waals surface area contributed by atoms with Crippen molar-refractivity contribution in [2.45, 2.75) is 344 Å². The number of aliphatic hydroxyl groups excluding tert-OH is 31. The number of carbonyl (C=O) groups excluding carboxylic acids is 3. The van der Waals surface area contributed by atoms with Gasteiger partial charge in [-0.25, -0.2) is 0 Å². The van der Waals surface area contributed by atoms with Crippen LogP contribution in [0.1, 0.15) is 19.8 Å². The second kappa shape index (κ2) is 47.8. The van der Waals surface area contributed by atoms with Crippen molar-refractivity contribution in [1.29, 1.82) is 0 Å². The Labute approximate surface area is 762 Å². The lowest BCUT2D eigenvalue weighted by atomic mass is 9.89. The van der Waals surface area contributed by atoms with Crippen LogP contribution in [0, 0.1) is 0 Å². The zero-order chi connectivity index (χ0) is 101. The molecule has 33 N–H and O–H groups in total. The van der Waals surface area contributed by atoms with Crippen LogP contribution in [-0.2, 0) is 123 Å². The van der Waals surface area contributed by atoms with Gasteiger partial charge in [0.05, 0.1) is 93.9 Å². The number of nitrogens with one attached hydrogen (secondary N) is 1. The average Bonchev–Trinajstić information content (AvgIpc) is 0.745. The summed E-state index contributed by atoms with van der Waals surface area (Å²) >= 11 is 0. The van der Waals surface area contributed by atoms with Gasteiger partial charge in [0.1, 0.15) is 262 Å². The number of carbonyl (C=O) groups is 3. The van der Waals surface area contributed by atoms with Crippen molar-refractivity contribution >= 4 is 33.5 Å². The highest BCUT2D eigenvalue weighted by Gasteiger charge is 2.65. The summed E-state index contributed by atoms with van der Waals surface area (Å²) < 4.78 is 145. The molecule has 0 aromatic carbocycles. The van der Waals surface area contributed by atoms with Crippen molar-refractivity contribution in [3.63, 3.8) is 0 Å². The van der Waals surface area contributed by atoms with Crippen molar-refractivity contribution in [1.82, 2.24) is 5.32 Å². The van der Waals surface area contributed by atoms with E-state index in [1.165, 1.54) is 0 Å². The predicted octanol–water partition coefficient (Wildman–Crippen LogP) is -29.9. The molecule has 0 aromatic heterocycles. The monoisotopic (exact) mass is 2040 g/mol. The Bertz CT molecular complexity index is 3860. The second-order valence-corrected chi connectivity index (χ2v) is 35.4. The van der Waals surface area contributed by atoms with Crippen molar-refractivity contribution in [3.8, 4) is 0 Å². The average molecular weight is 2040 g/mol. The fraction of sp³-hybridized carbons (Fsp3) is 0.957. The first-order valence-corrected chi connectivity index (χ1v) is 44.3. The Balaban J connectivity index is 1.10. The lowest BCUT2D eigenvalue weighted by Gasteiger charge is -2.54. The molecule has 792 valence electrons. The largest absolute Gasteiger partial charge is 0.790 e. The van der Waals surface area contributed by atoms with Gasteiger partial charge in [-0.2, -0.15) is 0 Å². The summed E-state index contributed by atoms with van der Waals surface area (Å²) in [6.45, 7) is -13.4. The minimum atomic E-state index is -7.03. The Morgan fingerprint density at radius 2 is 0.735 bits per heavy atom. The number of phosphoric ester groups is 2. The third-order valence-corrected chi connectivity index (χ3v) is 24.9. The van der Waals surface area contributed by atoms with E-state index in [4.69, 9.17) is 99.0 Å². The molecular weight excluding hydrogens is 1930 g/mol. The summed E-state index contributed by atoms with van der Waals surface area (Å²) in [5.41, 5.74) is 0. The predicted molar refractivity (Wildman–Crippen MR) is 389 cm³/mol. The third kappa shape index (κ3) is 25.4. The van der Waals surface area contributed by atoms with Crippen molar-refractivity contribution < 1.29 is 316 Å². The highest BCUT2D eigenvalue weighted by Crippen LogP contribution is 2.47. The molecular formula is C69H111NO64P2-6. The van der Waals surface area contributed by atoms with E-state index in [1.807, 2.05) is 0 Å². The molecule has 10 fully saturated rings. The van der Waals surface area contributed by atoms with E-state index >= 15 is 0 Å².